The van der Waals surface area contributed by atoms with Gasteiger partial charge in [0.15, 0.2) is 0 Å². The first-order chi connectivity index (χ1) is 14.2. The third kappa shape index (κ3) is 5.11. The van der Waals surface area contributed by atoms with Gasteiger partial charge in [-0.05, 0) is 85.9 Å². The van der Waals surface area contributed by atoms with E-state index in [2.05, 4.69) is 87.0 Å². The molecule has 0 bridgehead atoms. The van der Waals surface area contributed by atoms with E-state index in [1.807, 2.05) is 11.9 Å². The first-order valence-corrected chi connectivity index (χ1v) is 12.5. The molecule has 0 saturated heterocycles. The van der Waals surface area contributed by atoms with Gasteiger partial charge in [0.05, 0.1) is 0 Å². The fourth-order valence-electron chi connectivity index (χ4n) is 4.66. The smallest absolute Gasteiger partial charge is 0.130 e. The summed E-state index contributed by atoms with van der Waals surface area (Å²) in [4.78, 5) is 1.45. The predicted molar refractivity (Wildman–Crippen MR) is 128 cm³/mol. The van der Waals surface area contributed by atoms with Crippen LogP contribution in [0.3, 0.4) is 0 Å². The fraction of sp³-hybridized carbons (Fsp3) is 0.680. The molecule has 30 heavy (non-hydrogen) atoms. The summed E-state index contributed by atoms with van der Waals surface area (Å²) in [5, 5.41) is 8.56. The van der Waals surface area contributed by atoms with Crippen molar-refractivity contribution in [3.05, 3.63) is 40.5 Å². The highest BCUT2D eigenvalue weighted by Crippen LogP contribution is 2.39. The molecule has 1 aromatic heterocycles. The lowest BCUT2D eigenvalue weighted by Crippen LogP contribution is -2.32. The molecular weight excluding hydrogens is 388 g/mol. The van der Waals surface area contributed by atoms with E-state index in [1.54, 1.807) is 0 Å². The molecule has 2 unspecified atom stereocenters. The predicted octanol–water partition coefficient (Wildman–Crippen LogP) is 7.05. The fourth-order valence-corrected chi connectivity index (χ4v) is 5.98. The summed E-state index contributed by atoms with van der Waals surface area (Å²) in [7, 11) is 0. The summed E-state index contributed by atoms with van der Waals surface area (Å²) in [6.07, 6.45) is 4.85. The van der Waals surface area contributed by atoms with Crippen LogP contribution in [0.15, 0.2) is 17.0 Å². The maximum absolute atomic E-state index is 4.28. The zero-order chi connectivity index (χ0) is 22.0. The van der Waals surface area contributed by atoms with E-state index in [-0.39, 0.29) is 0 Å². The van der Waals surface area contributed by atoms with Crippen LogP contribution in [0.5, 0.6) is 0 Å². The summed E-state index contributed by atoms with van der Waals surface area (Å²) in [5.74, 6) is 3.68. The van der Waals surface area contributed by atoms with Crippen molar-refractivity contribution in [2.75, 3.05) is 0 Å². The van der Waals surface area contributed by atoms with E-state index >= 15 is 0 Å². The Morgan fingerprint density at radius 3 is 1.97 bits per heavy atom. The van der Waals surface area contributed by atoms with Crippen molar-refractivity contribution in [3.63, 3.8) is 0 Å². The molecule has 0 aliphatic heterocycles. The monoisotopic (exact) mass is 428 g/mol. The largest absolute Gasteiger partial charge is 0.312 e. The Hall–Kier alpha value is -1.33. The number of nitrogens with zero attached hydrogens (tertiary/aromatic N) is 3. The summed E-state index contributed by atoms with van der Waals surface area (Å²) in [6.45, 7) is 18.0. The standard InChI is InChI=1S/C25H40N4S/c1-15(2)20-12-23(16(3)4)25(24(13-20)17(5)6)30-28-21-10-9-11-22(14-21)29-18(7)26-27-19(29)8/h12-13,15-17,21-22,28H,9-11,14H2,1-8H3. The zero-order valence-corrected chi connectivity index (χ0v) is 20.9. The Kier molecular flexibility index (Phi) is 7.67. The van der Waals surface area contributed by atoms with Gasteiger partial charge in [0.25, 0.3) is 0 Å². The van der Waals surface area contributed by atoms with Crippen molar-refractivity contribution >= 4 is 11.9 Å². The van der Waals surface area contributed by atoms with Gasteiger partial charge in [0, 0.05) is 17.0 Å². The molecule has 166 valence electrons. The van der Waals surface area contributed by atoms with Crippen LogP contribution in [0.4, 0.5) is 0 Å². The molecule has 3 rings (SSSR count). The topological polar surface area (TPSA) is 42.7 Å². The highest BCUT2D eigenvalue weighted by molar-refractivity contribution is 7.97. The van der Waals surface area contributed by atoms with Crippen molar-refractivity contribution in [2.45, 2.75) is 116 Å². The van der Waals surface area contributed by atoms with Gasteiger partial charge in [-0.1, -0.05) is 53.7 Å². The van der Waals surface area contributed by atoms with Crippen molar-refractivity contribution in [2.24, 2.45) is 0 Å². The van der Waals surface area contributed by atoms with E-state index in [9.17, 15) is 0 Å². The van der Waals surface area contributed by atoms with E-state index in [1.165, 1.54) is 40.8 Å². The molecular formula is C25H40N4S. The average Bonchev–Trinajstić information content (AvgIpc) is 3.03. The van der Waals surface area contributed by atoms with E-state index in [0.717, 1.165) is 18.1 Å². The maximum Gasteiger partial charge on any atom is 0.130 e. The van der Waals surface area contributed by atoms with Gasteiger partial charge in [-0.2, -0.15) is 0 Å². The van der Waals surface area contributed by atoms with Gasteiger partial charge >= 0.3 is 0 Å². The molecule has 2 aromatic rings. The molecule has 1 aliphatic carbocycles. The van der Waals surface area contributed by atoms with Crippen molar-refractivity contribution in [1.82, 2.24) is 19.5 Å². The van der Waals surface area contributed by atoms with E-state index in [0.29, 0.717) is 29.8 Å². The third-order valence-corrected chi connectivity index (χ3v) is 7.58. The Morgan fingerprint density at radius 2 is 1.47 bits per heavy atom. The maximum atomic E-state index is 4.28. The molecule has 5 heteroatoms. The molecule has 1 aromatic carbocycles. The number of rotatable bonds is 7. The molecule has 1 N–H and O–H groups in total. The summed E-state index contributed by atoms with van der Waals surface area (Å²) >= 11 is 1.87. The minimum absolute atomic E-state index is 0.504. The lowest BCUT2D eigenvalue weighted by Gasteiger charge is -2.32. The number of benzene rings is 1. The molecule has 2 atom stereocenters. The summed E-state index contributed by atoms with van der Waals surface area (Å²) in [6, 6.07) is 5.90. The van der Waals surface area contributed by atoms with E-state index in [4.69, 9.17) is 0 Å². The van der Waals surface area contributed by atoms with Gasteiger partial charge < -0.3 is 4.57 Å². The number of aromatic nitrogens is 3. The second-order valence-corrected chi connectivity index (χ2v) is 10.7. The van der Waals surface area contributed by atoms with Crippen LogP contribution in [0.2, 0.25) is 0 Å². The third-order valence-electron chi connectivity index (χ3n) is 6.46. The van der Waals surface area contributed by atoms with Gasteiger partial charge in [0.1, 0.15) is 11.6 Å². The molecule has 1 heterocycles. The number of hydrogen-bond donors (Lipinski definition) is 1. The minimum atomic E-state index is 0.504. The van der Waals surface area contributed by atoms with Crippen molar-refractivity contribution < 1.29 is 0 Å². The second kappa shape index (κ2) is 9.86. The molecule has 0 radical (unpaired) electrons. The summed E-state index contributed by atoms with van der Waals surface area (Å²) < 4.78 is 6.21. The average molecular weight is 429 g/mol. The Bertz CT molecular complexity index is 804. The number of hydrogen-bond acceptors (Lipinski definition) is 4. The lowest BCUT2D eigenvalue weighted by molar-refractivity contribution is 0.303. The van der Waals surface area contributed by atoms with Crippen LogP contribution < -0.4 is 4.72 Å². The van der Waals surface area contributed by atoms with Gasteiger partial charge in [-0.25, -0.2) is 0 Å². The first-order valence-electron chi connectivity index (χ1n) is 11.7. The van der Waals surface area contributed by atoms with Crippen LogP contribution in [-0.4, -0.2) is 20.8 Å². The number of aryl methyl sites for hydroxylation is 2. The van der Waals surface area contributed by atoms with Gasteiger partial charge in [0.2, 0.25) is 0 Å². The highest BCUT2D eigenvalue weighted by Gasteiger charge is 2.26. The Morgan fingerprint density at radius 1 is 0.900 bits per heavy atom. The van der Waals surface area contributed by atoms with Gasteiger partial charge in [-0.3, -0.25) is 4.72 Å². The van der Waals surface area contributed by atoms with Crippen molar-refractivity contribution in [1.29, 1.82) is 0 Å². The van der Waals surface area contributed by atoms with Gasteiger partial charge in [-0.15, -0.1) is 10.2 Å². The van der Waals surface area contributed by atoms with Crippen LogP contribution in [0.1, 0.15) is 119 Å². The minimum Gasteiger partial charge on any atom is -0.312 e. The summed E-state index contributed by atoms with van der Waals surface area (Å²) in [5.41, 5.74) is 4.43. The molecule has 1 fully saturated rings. The normalized spacial score (nSPS) is 20.0. The second-order valence-electron chi connectivity index (χ2n) is 9.89. The number of nitrogens with one attached hydrogen (secondary N) is 1. The first kappa shape index (κ1) is 23.3. The Labute approximate surface area is 187 Å². The quantitative estimate of drug-likeness (QED) is 0.480. The zero-order valence-electron chi connectivity index (χ0n) is 20.1. The van der Waals surface area contributed by atoms with E-state index < -0.39 is 0 Å². The molecule has 0 spiro atoms. The van der Waals surface area contributed by atoms with Crippen molar-refractivity contribution in [3.8, 4) is 0 Å². The molecule has 4 nitrogen and oxygen atoms in total. The molecule has 1 aliphatic rings. The SMILES string of the molecule is Cc1nnc(C)n1C1CCCC(NSc2c(C(C)C)cc(C(C)C)cc2C(C)C)C1. The van der Waals surface area contributed by atoms with Crippen LogP contribution in [-0.2, 0) is 0 Å². The molecule has 0 amide bonds. The Balaban J connectivity index is 1.80. The van der Waals surface area contributed by atoms with Crippen LogP contribution in [0, 0.1) is 13.8 Å². The lowest BCUT2D eigenvalue weighted by atomic mass is 9.89. The van der Waals surface area contributed by atoms with Crippen LogP contribution >= 0.6 is 11.9 Å². The van der Waals surface area contributed by atoms with Crippen LogP contribution in [0.25, 0.3) is 0 Å². The molecule has 1 saturated carbocycles. The highest BCUT2D eigenvalue weighted by atomic mass is 32.2.